The second-order valence-electron chi connectivity index (χ2n) is 5.55. The van der Waals surface area contributed by atoms with Gasteiger partial charge >= 0.3 is 0 Å². The quantitative estimate of drug-likeness (QED) is 0.691. The van der Waals surface area contributed by atoms with Gasteiger partial charge in [0, 0.05) is 11.6 Å². The number of hydrogen-bond acceptors (Lipinski definition) is 7. The van der Waals surface area contributed by atoms with Crippen molar-refractivity contribution in [3.05, 3.63) is 59.0 Å². The van der Waals surface area contributed by atoms with E-state index in [1.165, 1.54) is 23.5 Å². The van der Waals surface area contributed by atoms with Crippen molar-refractivity contribution in [1.29, 1.82) is 0 Å². The Morgan fingerprint density at radius 1 is 1.23 bits per heavy atom. The van der Waals surface area contributed by atoms with Crippen molar-refractivity contribution in [3.63, 3.8) is 0 Å². The van der Waals surface area contributed by atoms with Crippen molar-refractivity contribution in [2.24, 2.45) is 0 Å². The second-order valence-corrected chi connectivity index (χ2v) is 8.42. The highest BCUT2D eigenvalue weighted by Crippen LogP contribution is 2.19. The number of carbonyl (C=O) groups excluding carboxylic acids is 1. The van der Waals surface area contributed by atoms with Crippen molar-refractivity contribution >= 4 is 32.2 Å². The van der Waals surface area contributed by atoms with Gasteiger partial charge in [-0.05, 0) is 43.3 Å². The number of hydrogen-bond donors (Lipinski definition) is 1. The van der Waals surface area contributed by atoms with Crippen molar-refractivity contribution < 1.29 is 22.4 Å². The first-order valence-corrected chi connectivity index (χ1v) is 10.3. The molecule has 2 heterocycles. The van der Waals surface area contributed by atoms with E-state index in [4.69, 9.17) is 9.15 Å². The molecule has 2 aromatic heterocycles. The van der Waals surface area contributed by atoms with Crippen LogP contribution in [-0.4, -0.2) is 25.6 Å². The molecule has 3 rings (SSSR count). The second kappa shape index (κ2) is 7.30. The number of sulfone groups is 1. The molecule has 0 unspecified atom stereocenters. The molecule has 0 bridgehead atoms. The van der Waals surface area contributed by atoms with Gasteiger partial charge in [-0.2, -0.15) is 0 Å². The lowest BCUT2D eigenvalue weighted by molar-refractivity contribution is 0.0992. The van der Waals surface area contributed by atoms with E-state index in [0.717, 1.165) is 11.9 Å². The van der Waals surface area contributed by atoms with Gasteiger partial charge in [-0.3, -0.25) is 10.1 Å². The third kappa shape index (κ3) is 4.50. The van der Waals surface area contributed by atoms with Gasteiger partial charge in [-0.15, -0.1) is 11.3 Å². The van der Waals surface area contributed by atoms with Crippen LogP contribution in [0, 0.1) is 6.92 Å². The molecule has 1 amide bonds. The van der Waals surface area contributed by atoms with Crippen LogP contribution in [0.5, 0.6) is 5.75 Å². The highest BCUT2D eigenvalue weighted by Gasteiger charge is 2.13. The molecule has 0 saturated heterocycles. The summed E-state index contributed by atoms with van der Waals surface area (Å²) in [6, 6.07) is 9.28. The number of aryl methyl sites for hydroxylation is 1. The SMILES string of the molecule is Cc1csc(NC(=O)c2ccc(COc3ccc(S(C)(=O)=O)cc3)o2)n1. The molecule has 0 aliphatic heterocycles. The molecule has 7 nitrogen and oxygen atoms in total. The first-order chi connectivity index (χ1) is 12.3. The Labute approximate surface area is 154 Å². The van der Waals surface area contributed by atoms with Crippen LogP contribution in [-0.2, 0) is 16.4 Å². The fourth-order valence-corrected chi connectivity index (χ4v) is 3.40. The number of furan rings is 1. The topological polar surface area (TPSA) is 98.5 Å². The van der Waals surface area contributed by atoms with Gasteiger partial charge in [0.25, 0.3) is 5.91 Å². The van der Waals surface area contributed by atoms with Crippen molar-refractivity contribution in [2.45, 2.75) is 18.4 Å². The molecule has 0 fully saturated rings. The van der Waals surface area contributed by atoms with Crippen LogP contribution in [0.25, 0.3) is 0 Å². The molecule has 26 heavy (non-hydrogen) atoms. The Morgan fingerprint density at radius 3 is 2.58 bits per heavy atom. The maximum absolute atomic E-state index is 12.1. The van der Waals surface area contributed by atoms with E-state index in [2.05, 4.69) is 10.3 Å². The van der Waals surface area contributed by atoms with Gasteiger partial charge in [0.15, 0.2) is 20.7 Å². The Bertz CT molecular complexity index is 1020. The van der Waals surface area contributed by atoms with Crippen LogP contribution in [0.1, 0.15) is 22.0 Å². The first kappa shape index (κ1) is 18.2. The summed E-state index contributed by atoms with van der Waals surface area (Å²) in [7, 11) is -3.24. The number of ether oxygens (including phenoxy) is 1. The lowest BCUT2D eigenvalue weighted by Crippen LogP contribution is -2.10. The van der Waals surface area contributed by atoms with Crippen LogP contribution < -0.4 is 10.1 Å². The molecule has 0 atom stereocenters. The Balaban J connectivity index is 1.59. The largest absolute Gasteiger partial charge is 0.486 e. The standard InChI is InChI=1S/C17H16N2O5S2/c1-11-10-25-17(18-11)19-16(20)15-8-5-13(24-15)9-23-12-3-6-14(7-4-12)26(2,21)22/h3-8,10H,9H2,1-2H3,(H,18,19,20). The number of amides is 1. The number of benzene rings is 1. The van der Waals surface area contributed by atoms with Crippen molar-refractivity contribution in [2.75, 3.05) is 11.6 Å². The zero-order valence-corrected chi connectivity index (χ0v) is 15.7. The van der Waals surface area contributed by atoms with E-state index >= 15 is 0 Å². The maximum atomic E-state index is 12.1. The number of anilines is 1. The zero-order chi connectivity index (χ0) is 18.7. The summed E-state index contributed by atoms with van der Waals surface area (Å²) >= 11 is 1.34. The highest BCUT2D eigenvalue weighted by molar-refractivity contribution is 7.90. The summed E-state index contributed by atoms with van der Waals surface area (Å²) in [4.78, 5) is 16.5. The van der Waals surface area contributed by atoms with E-state index in [1.54, 1.807) is 24.3 Å². The summed E-state index contributed by atoms with van der Waals surface area (Å²) in [5.41, 5.74) is 0.834. The van der Waals surface area contributed by atoms with Gasteiger partial charge in [0.05, 0.1) is 10.6 Å². The summed E-state index contributed by atoms with van der Waals surface area (Å²) < 4.78 is 33.9. The Kier molecular flexibility index (Phi) is 5.10. The van der Waals surface area contributed by atoms with Crippen LogP contribution >= 0.6 is 11.3 Å². The van der Waals surface area contributed by atoms with Gasteiger partial charge in [0.1, 0.15) is 18.1 Å². The molecule has 0 saturated carbocycles. The van der Waals surface area contributed by atoms with Gasteiger partial charge < -0.3 is 9.15 Å². The third-order valence-electron chi connectivity index (χ3n) is 3.36. The molecule has 9 heteroatoms. The smallest absolute Gasteiger partial charge is 0.293 e. The molecule has 0 aliphatic rings. The molecular formula is C17H16N2O5S2. The van der Waals surface area contributed by atoms with Crippen LogP contribution in [0.15, 0.2) is 51.1 Å². The number of thiazole rings is 1. The van der Waals surface area contributed by atoms with Gasteiger partial charge in [-0.25, -0.2) is 13.4 Å². The predicted molar refractivity (Wildman–Crippen MR) is 97.4 cm³/mol. The van der Waals surface area contributed by atoms with Crippen molar-refractivity contribution in [1.82, 2.24) is 4.98 Å². The molecule has 136 valence electrons. The minimum atomic E-state index is -3.24. The maximum Gasteiger partial charge on any atom is 0.293 e. The molecule has 1 aromatic carbocycles. The number of rotatable bonds is 6. The van der Waals surface area contributed by atoms with E-state index in [9.17, 15) is 13.2 Å². The lowest BCUT2D eigenvalue weighted by atomic mass is 10.3. The van der Waals surface area contributed by atoms with E-state index in [-0.39, 0.29) is 23.2 Å². The van der Waals surface area contributed by atoms with E-state index < -0.39 is 9.84 Å². The normalized spacial score (nSPS) is 11.3. The molecular weight excluding hydrogens is 376 g/mol. The molecule has 0 aliphatic carbocycles. The summed E-state index contributed by atoms with van der Waals surface area (Å²) in [5, 5.41) is 5.01. The third-order valence-corrected chi connectivity index (χ3v) is 5.36. The summed E-state index contributed by atoms with van der Waals surface area (Å²) in [5.74, 6) is 0.739. The summed E-state index contributed by atoms with van der Waals surface area (Å²) in [6.07, 6.45) is 1.14. The van der Waals surface area contributed by atoms with E-state index in [0.29, 0.717) is 16.6 Å². The molecule has 3 aromatic rings. The molecule has 1 N–H and O–H groups in total. The van der Waals surface area contributed by atoms with Crippen LogP contribution in [0.2, 0.25) is 0 Å². The molecule has 0 radical (unpaired) electrons. The minimum absolute atomic E-state index is 0.113. The van der Waals surface area contributed by atoms with Crippen molar-refractivity contribution in [3.8, 4) is 5.75 Å². The fraction of sp³-hybridized carbons (Fsp3) is 0.176. The van der Waals surface area contributed by atoms with Crippen LogP contribution in [0.3, 0.4) is 0 Å². The van der Waals surface area contributed by atoms with Crippen LogP contribution in [0.4, 0.5) is 5.13 Å². The summed E-state index contributed by atoms with van der Waals surface area (Å²) in [6.45, 7) is 1.96. The number of nitrogens with one attached hydrogen (secondary N) is 1. The minimum Gasteiger partial charge on any atom is -0.486 e. The number of carbonyl (C=O) groups is 1. The fourth-order valence-electron chi connectivity index (χ4n) is 2.09. The zero-order valence-electron chi connectivity index (χ0n) is 14.1. The number of nitrogens with zero attached hydrogens (tertiary/aromatic N) is 1. The Morgan fingerprint density at radius 2 is 1.96 bits per heavy atom. The lowest BCUT2D eigenvalue weighted by Gasteiger charge is -2.05. The average Bonchev–Trinajstić information content (AvgIpc) is 3.21. The number of aromatic nitrogens is 1. The van der Waals surface area contributed by atoms with E-state index in [1.807, 2.05) is 12.3 Å². The average molecular weight is 392 g/mol. The Hall–Kier alpha value is -2.65. The monoisotopic (exact) mass is 392 g/mol. The van der Waals surface area contributed by atoms with Gasteiger partial charge in [0.2, 0.25) is 0 Å². The highest BCUT2D eigenvalue weighted by atomic mass is 32.2. The van der Waals surface area contributed by atoms with Gasteiger partial charge in [-0.1, -0.05) is 0 Å². The predicted octanol–water partition coefficient (Wildman–Crippen LogP) is 3.28. The first-order valence-electron chi connectivity index (χ1n) is 7.56. The molecule has 0 spiro atoms.